The number of halogens is 2. The molecule has 0 saturated carbocycles. The first-order valence-electron chi connectivity index (χ1n) is 2.94. The minimum atomic E-state index is -1.56. The molecule has 0 atom stereocenters. The van der Waals surface area contributed by atoms with Crippen molar-refractivity contribution in [2.24, 2.45) is 0 Å². The molecule has 0 aliphatic carbocycles. The van der Waals surface area contributed by atoms with Gasteiger partial charge in [0.2, 0.25) is 0 Å². The molecule has 2 N–H and O–H groups in total. The Morgan fingerprint density at radius 3 is 2.08 bits per heavy atom. The number of urea groups is 1. The maximum Gasteiger partial charge on any atom is 0.344 e. The van der Waals surface area contributed by atoms with E-state index in [1.165, 1.54) is 13.8 Å². The van der Waals surface area contributed by atoms with Crippen molar-refractivity contribution >= 4 is 44.2 Å². The molecule has 0 saturated heterocycles. The summed E-state index contributed by atoms with van der Waals surface area (Å²) in [5.74, 6) is -0.767. The van der Waals surface area contributed by atoms with Crippen LogP contribution in [-0.4, -0.2) is 25.6 Å². The summed E-state index contributed by atoms with van der Waals surface area (Å²) in [6.45, 7) is 2.56. The third-order valence-electron chi connectivity index (χ3n) is 0.930. The predicted molar refractivity (Wildman–Crippen MR) is 49.5 cm³/mol. The highest BCUT2D eigenvalue weighted by molar-refractivity contribution is 9.21. The Balaban J connectivity index is 4.12. The zero-order valence-corrected chi connectivity index (χ0v) is 9.64. The molecule has 0 radical (unpaired) electrons. The van der Waals surface area contributed by atoms with Gasteiger partial charge >= 0.3 is 6.03 Å². The predicted octanol–water partition coefficient (Wildman–Crippen LogP) is 0.915. The molecule has 0 rings (SSSR count). The van der Waals surface area contributed by atoms with Gasteiger partial charge in [-0.15, -0.1) is 0 Å². The maximum absolute atomic E-state index is 10.9. The van der Waals surface area contributed by atoms with Crippen molar-refractivity contribution < 1.29 is 14.7 Å². The molecular formula is C5H8Br2N2O3. The summed E-state index contributed by atoms with van der Waals surface area (Å²) in [5, 5.41) is 11.0. The van der Waals surface area contributed by atoms with Crippen molar-refractivity contribution in [2.75, 3.05) is 0 Å². The third-order valence-corrected chi connectivity index (χ3v) is 1.57. The molecule has 0 aliphatic rings. The van der Waals surface area contributed by atoms with Crippen LogP contribution in [0.1, 0.15) is 13.8 Å². The highest BCUT2D eigenvalue weighted by Gasteiger charge is 2.26. The van der Waals surface area contributed by atoms with Gasteiger partial charge < -0.3 is 5.11 Å². The van der Waals surface area contributed by atoms with E-state index >= 15 is 0 Å². The zero-order valence-electron chi connectivity index (χ0n) is 6.47. The second-order valence-electron chi connectivity index (χ2n) is 2.55. The smallest absolute Gasteiger partial charge is 0.344 e. The second-order valence-corrected chi connectivity index (χ2v) is 4.92. The van der Waals surface area contributed by atoms with Crippen LogP contribution in [0.4, 0.5) is 4.79 Å². The Morgan fingerprint density at radius 1 is 1.42 bits per heavy atom. The number of nitrogens with zero attached hydrogens (tertiary/aromatic N) is 1. The van der Waals surface area contributed by atoms with Crippen molar-refractivity contribution in [3.8, 4) is 0 Å². The number of carbonyl (C=O) groups excluding carboxylic acids is 2. The molecule has 0 aromatic heterocycles. The number of amides is 3. The first-order chi connectivity index (χ1) is 5.25. The molecule has 0 unspecified atom stereocenters. The van der Waals surface area contributed by atoms with E-state index in [1.807, 2.05) is 5.32 Å². The van der Waals surface area contributed by atoms with Gasteiger partial charge in [-0.3, -0.25) is 10.1 Å². The lowest BCUT2D eigenvalue weighted by molar-refractivity contribution is -0.135. The van der Waals surface area contributed by atoms with E-state index in [0.717, 1.165) is 2.95 Å². The lowest BCUT2D eigenvalue weighted by atomic mass is 10.1. The van der Waals surface area contributed by atoms with Crippen LogP contribution >= 0.6 is 32.3 Å². The minimum Gasteiger partial charge on any atom is -0.381 e. The summed E-state index contributed by atoms with van der Waals surface area (Å²) in [6.07, 6.45) is 0. The summed E-state index contributed by atoms with van der Waals surface area (Å²) >= 11 is 5.48. The molecule has 70 valence electrons. The van der Waals surface area contributed by atoms with E-state index in [2.05, 4.69) is 32.3 Å². The Bertz CT molecular complexity index is 199. The fourth-order valence-corrected chi connectivity index (χ4v) is 0.470. The average molecular weight is 304 g/mol. The standard InChI is InChI=1S/C5H8Br2N2O3/c1-5(2,12)3(10)8-4(11)9(6)7/h12H,1-2H3,(H,8,10,11). The van der Waals surface area contributed by atoms with Gasteiger partial charge in [-0.05, 0) is 13.8 Å². The van der Waals surface area contributed by atoms with E-state index in [1.54, 1.807) is 0 Å². The Kier molecular flexibility index (Phi) is 4.15. The largest absolute Gasteiger partial charge is 0.381 e. The Hall–Kier alpha value is -0.140. The van der Waals surface area contributed by atoms with Crippen molar-refractivity contribution in [1.82, 2.24) is 8.27 Å². The maximum atomic E-state index is 10.9. The zero-order chi connectivity index (χ0) is 9.94. The number of rotatable bonds is 1. The number of hydrogen-bond acceptors (Lipinski definition) is 3. The SMILES string of the molecule is CC(C)(O)C(=O)NC(=O)N(Br)Br. The van der Waals surface area contributed by atoms with Crippen LogP contribution in [0.15, 0.2) is 0 Å². The van der Waals surface area contributed by atoms with Crippen LogP contribution in [0.2, 0.25) is 0 Å². The van der Waals surface area contributed by atoms with Crippen LogP contribution in [0.3, 0.4) is 0 Å². The molecule has 12 heavy (non-hydrogen) atoms. The number of imide groups is 1. The van der Waals surface area contributed by atoms with Crippen LogP contribution in [-0.2, 0) is 4.79 Å². The monoisotopic (exact) mass is 302 g/mol. The molecule has 0 aromatic rings. The normalized spacial score (nSPS) is 10.8. The van der Waals surface area contributed by atoms with E-state index in [9.17, 15) is 9.59 Å². The highest BCUT2D eigenvalue weighted by atomic mass is 79.9. The molecular weight excluding hydrogens is 296 g/mol. The molecule has 3 amide bonds. The summed E-state index contributed by atoms with van der Waals surface area (Å²) in [7, 11) is 0. The van der Waals surface area contributed by atoms with Crippen molar-refractivity contribution in [2.45, 2.75) is 19.4 Å². The van der Waals surface area contributed by atoms with E-state index in [-0.39, 0.29) is 0 Å². The topological polar surface area (TPSA) is 69.6 Å². The van der Waals surface area contributed by atoms with Gasteiger partial charge in [0.25, 0.3) is 5.91 Å². The van der Waals surface area contributed by atoms with Crippen molar-refractivity contribution in [3.05, 3.63) is 0 Å². The van der Waals surface area contributed by atoms with Crippen molar-refractivity contribution in [1.29, 1.82) is 0 Å². The van der Waals surface area contributed by atoms with E-state index in [0.29, 0.717) is 0 Å². The average Bonchev–Trinajstić information content (AvgIpc) is 1.85. The molecule has 0 aromatic carbocycles. The highest BCUT2D eigenvalue weighted by Crippen LogP contribution is 2.06. The number of hydrogen-bond donors (Lipinski definition) is 2. The van der Waals surface area contributed by atoms with Gasteiger partial charge in [-0.1, -0.05) is 0 Å². The molecule has 0 spiro atoms. The molecule has 0 bridgehead atoms. The van der Waals surface area contributed by atoms with Gasteiger partial charge in [0, 0.05) is 0 Å². The van der Waals surface area contributed by atoms with Crippen LogP contribution in [0.25, 0.3) is 0 Å². The Morgan fingerprint density at radius 2 is 1.83 bits per heavy atom. The van der Waals surface area contributed by atoms with Gasteiger partial charge in [-0.2, -0.15) is 2.95 Å². The quantitative estimate of drug-likeness (QED) is 0.708. The minimum absolute atomic E-state index is 0.706. The van der Waals surface area contributed by atoms with Crippen molar-refractivity contribution in [3.63, 3.8) is 0 Å². The molecule has 0 heterocycles. The van der Waals surface area contributed by atoms with Crippen LogP contribution in [0.5, 0.6) is 0 Å². The van der Waals surface area contributed by atoms with Gasteiger partial charge in [0.1, 0.15) is 5.60 Å². The summed E-state index contributed by atoms with van der Waals surface area (Å²) in [5.41, 5.74) is -1.56. The number of nitrogens with one attached hydrogen (secondary N) is 1. The Labute approximate surface area is 86.8 Å². The summed E-state index contributed by atoms with van der Waals surface area (Å²) in [6, 6.07) is -0.706. The summed E-state index contributed by atoms with van der Waals surface area (Å²) in [4.78, 5) is 21.7. The summed E-state index contributed by atoms with van der Waals surface area (Å²) < 4.78 is 0.837. The first kappa shape index (κ1) is 11.9. The van der Waals surface area contributed by atoms with E-state index in [4.69, 9.17) is 5.11 Å². The lowest BCUT2D eigenvalue weighted by Crippen LogP contribution is -2.46. The van der Waals surface area contributed by atoms with Crippen LogP contribution < -0.4 is 5.32 Å². The fraction of sp³-hybridized carbons (Fsp3) is 0.600. The first-order valence-corrected chi connectivity index (χ1v) is 4.36. The van der Waals surface area contributed by atoms with Gasteiger partial charge in [0.05, 0.1) is 32.3 Å². The van der Waals surface area contributed by atoms with E-state index < -0.39 is 17.5 Å². The number of carbonyl (C=O) groups is 2. The molecule has 0 aliphatic heterocycles. The number of aliphatic hydroxyl groups is 1. The third kappa shape index (κ3) is 4.03. The van der Waals surface area contributed by atoms with Gasteiger partial charge in [-0.25, -0.2) is 4.79 Å². The fourth-order valence-electron chi connectivity index (χ4n) is 0.292. The second kappa shape index (κ2) is 4.20. The van der Waals surface area contributed by atoms with Crippen LogP contribution in [0, 0.1) is 0 Å². The lowest BCUT2D eigenvalue weighted by Gasteiger charge is -2.16. The molecule has 5 nitrogen and oxygen atoms in total. The molecule has 7 heteroatoms. The molecule has 0 fully saturated rings. The van der Waals surface area contributed by atoms with Gasteiger partial charge in [0.15, 0.2) is 0 Å².